The Kier molecular flexibility index (Phi) is 7.93. The lowest BCUT2D eigenvalue weighted by Crippen LogP contribution is -2.36. The maximum Gasteiger partial charge on any atom is 0.336 e. The molecule has 1 aliphatic heterocycles. The van der Waals surface area contributed by atoms with Crippen molar-refractivity contribution in [2.24, 2.45) is 0 Å². The highest BCUT2D eigenvalue weighted by molar-refractivity contribution is 6.30. The number of allylic oxidation sites excluding steroid dienone is 3. The van der Waals surface area contributed by atoms with Crippen LogP contribution < -0.4 is 10.1 Å². The Bertz CT molecular complexity index is 1170. The zero-order valence-corrected chi connectivity index (χ0v) is 21.0. The molecule has 0 bridgehead atoms. The molecule has 2 atom stereocenters. The molecule has 0 saturated carbocycles. The number of Topliss-reactive ketones (excluding diaryl/α,β-unsaturated/α-hetero) is 1. The van der Waals surface area contributed by atoms with E-state index in [0.29, 0.717) is 53.7 Å². The van der Waals surface area contributed by atoms with Crippen LogP contribution in [0, 0.1) is 0 Å². The molecule has 2 aliphatic rings. The summed E-state index contributed by atoms with van der Waals surface area (Å²) in [7, 11) is 1.60. The Morgan fingerprint density at radius 1 is 1.09 bits per heavy atom. The van der Waals surface area contributed by atoms with E-state index in [1.54, 1.807) is 7.11 Å². The minimum absolute atomic E-state index is 0.0126. The molecular weight excluding hydrogens is 466 g/mol. The first-order chi connectivity index (χ1) is 16.9. The summed E-state index contributed by atoms with van der Waals surface area (Å²) in [5.41, 5.74) is 4.46. The number of ether oxygens (including phenoxy) is 3. The number of rotatable bonds is 8. The summed E-state index contributed by atoms with van der Waals surface area (Å²) in [6, 6.07) is 15.1. The lowest BCUT2D eigenvalue weighted by molar-refractivity contribution is -0.140. The van der Waals surface area contributed by atoms with E-state index in [1.165, 1.54) is 0 Å². The smallest absolute Gasteiger partial charge is 0.336 e. The van der Waals surface area contributed by atoms with Crippen LogP contribution in [0.25, 0.3) is 0 Å². The zero-order chi connectivity index (χ0) is 24.9. The van der Waals surface area contributed by atoms with Crippen molar-refractivity contribution in [3.05, 3.63) is 87.2 Å². The molecule has 7 heteroatoms. The fourth-order valence-electron chi connectivity index (χ4n) is 4.85. The van der Waals surface area contributed by atoms with Gasteiger partial charge >= 0.3 is 5.97 Å². The molecule has 0 radical (unpaired) electrons. The van der Waals surface area contributed by atoms with Crippen molar-refractivity contribution in [1.82, 2.24) is 5.32 Å². The maximum absolute atomic E-state index is 13.6. The molecule has 1 aliphatic carbocycles. The molecule has 4 rings (SSSR count). The minimum atomic E-state index is -0.542. The van der Waals surface area contributed by atoms with Gasteiger partial charge in [0.15, 0.2) is 5.78 Å². The third-order valence-corrected chi connectivity index (χ3v) is 6.73. The monoisotopic (exact) mass is 495 g/mol. The Morgan fingerprint density at radius 3 is 2.57 bits per heavy atom. The third-order valence-electron chi connectivity index (χ3n) is 6.48. The van der Waals surface area contributed by atoms with E-state index in [-0.39, 0.29) is 18.3 Å². The largest absolute Gasteiger partial charge is 0.497 e. The first-order valence-electron chi connectivity index (χ1n) is 11.8. The molecule has 2 unspecified atom stereocenters. The van der Waals surface area contributed by atoms with E-state index < -0.39 is 11.9 Å². The molecule has 1 N–H and O–H groups in total. The van der Waals surface area contributed by atoms with E-state index in [2.05, 4.69) is 5.32 Å². The van der Waals surface area contributed by atoms with E-state index in [9.17, 15) is 9.59 Å². The summed E-state index contributed by atoms with van der Waals surface area (Å²) in [5.74, 6) is -0.295. The number of esters is 1. The third kappa shape index (κ3) is 5.44. The lowest BCUT2D eigenvalue weighted by atomic mass is 9.71. The highest BCUT2D eigenvalue weighted by Gasteiger charge is 2.41. The average molecular weight is 496 g/mol. The number of ketones is 1. The Labute approximate surface area is 210 Å². The van der Waals surface area contributed by atoms with E-state index in [4.69, 9.17) is 25.8 Å². The van der Waals surface area contributed by atoms with Crippen LogP contribution in [0.2, 0.25) is 5.02 Å². The Hall–Kier alpha value is -3.09. The second-order valence-electron chi connectivity index (χ2n) is 8.68. The Balaban J connectivity index is 1.72. The number of dihydropyridines is 1. The van der Waals surface area contributed by atoms with Gasteiger partial charge in [-0.05, 0) is 61.6 Å². The fraction of sp³-hybridized carbons (Fsp3) is 0.357. The van der Waals surface area contributed by atoms with E-state index in [1.807, 2.05) is 62.4 Å². The summed E-state index contributed by atoms with van der Waals surface area (Å²) in [4.78, 5) is 26.9. The number of nitrogens with one attached hydrogen (secondary N) is 1. The van der Waals surface area contributed by atoms with Gasteiger partial charge in [0, 0.05) is 40.9 Å². The van der Waals surface area contributed by atoms with Crippen LogP contribution in [-0.4, -0.2) is 38.7 Å². The van der Waals surface area contributed by atoms with Crippen LogP contribution >= 0.6 is 11.6 Å². The standard InChI is InChI=1S/C28H30ClNO5/c1-4-34-12-13-35-28(32)25-17(2)30-23-15-20(18-8-10-21(29)11-9-18)16-24(31)27(23)26(25)19-6-5-7-22(14-19)33-3/h5-11,14,20,26,30H,4,12-13,15-16H2,1-3H3. The zero-order valence-electron chi connectivity index (χ0n) is 20.2. The summed E-state index contributed by atoms with van der Waals surface area (Å²) in [5, 5.41) is 4.03. The minimum Gasteiger partial charge on any atom is -0.497 e. The van der Waals surface area contributed by atoms with Gasteiger partial charge in [-0.2, -0.15) is 0 Å². The van der Waals surface area contributed by atoms with Crippen LogP contribution in [0.5, 0.6) is 5.75 Å². The summed E-state index contributed by atoms with van der Waals surface area (Å²) < 4.78 is 16.3. The van der Waals surface area contributed by atoms with E-state index in [0.717, 1.165) is 16.8 Å². The quantitative estimate of drug-likeness (QED) is 0.396. The second kappa shape index (κ2) is 11.1. The van der Waals surface area contributed by atoms with Gasteiger partial charge in [0.2, 0.25) is 0 Å². The summed E-state index contributed by atoms with van der Waals surface area (Å²) >= 11 is 6.06. The summed E-state index contributed by atoms with van der Waals surface area (Å²) in [6.07, 6.45) is 1.02. The molecule has 0 fully saturated rings. The van der Waals surface area contributed by atoms with Crippen LogP contribution in [-0.2, 0) is 19.1 Å². The highest BCUT2D eigenvalue weighted by atomic mass is 35.5. The van der Waals surface area contributed by atoms with Crippen molar-refractivity contribution in [3.8, 4) is 5.75 Å². The number of methoxy groups -OCH3 is 1. The molecular formula is C28H30ClNO5. The van der Waals surface area contributed by atoms with Crippen molar-refractivity contribution >= 4 is 23.4 Å². The normalized spacial score (nSPS) is 19.8. The number of carbonyl (C=O) groups excluding carboxylic acids is 2. The number of hydrogen-bond donors (Lipinski definition) is 1. The van der Waals surface area contributed by atoms with Crippen molar-refractivity contribution in [2.45, 2.75) is 38.5 Å². The number of carbonyl (C=O) groups is 2. The van der Waals surface area contributed by atoms with Crippen LogP contribution in [0.4, 0.5) is 0 Å². The number of benzene rings is 2. The van der Waals surface area contributed by atoms with Gasteiger partial charge in [-0.3, -0.25) is 4.79 Å². The summed E-state index contributed by atoms with van der Waals surface area (Å²) in [6.45, 7) is 4.76. The lowest BCUT2D eigenvalue weighted by Gasteiger charge is -2.36. The average Bonchev–Trinajstić information content (AvgIpc) is 2.86. The van der Waals surface area contributed by atoms with Gasteiger partial charge in [0.1, 0.15) is 12.4 Å². The molecule has 6 nitrogen and oxygen atoms in total. The van der Waals surface area contributed by atoms with Crippen LogP contribution in [0.1, 0.15) is 49.7 Å². The first-order valence-corrected chi connectivity index (χ1v) is 12.2. The molecule has 0 amide bonds. The fourth-order valence-corrected chi connectivity index (χ4v) is 4.98. The molecule has 184 valence electrons. The Morgan fingerprint density at radius 2 is 1.86 bits per heavy atom. The van der Waals surface area contributed by atoms with Gasteiger partial charge in [-0.15, -0.1) is 0 Å². The van der Waals surface area contributed by atoms with Gasteiger partial charge in [-0.1, -0.05) is 35.9 Å². The van der Waals surface area contributed by atoms with Crippen LogP contribution in [0.3, 0.4) is 0 Å². The van der Waals surface area contributed by atoms with Crippen molar-refractivity contribution < 1.29 is 23.8 Å². The molecule has 0 aromatic heterocycles. The van der Waals surface area contributed by atoms with Crippen molar-refractivity contribution in [2.75, 3.05) is 26.9 Å². The van der Waals surface area contributed by atoms with Gasteiger partial charge in [0.05, 0.1) is 19.3 Å². The predicted octanol–water partition coefficient (Wildman–Crippen LogP) is 5.29. The number of hydrogen-bond acceptors (Lipinski definition) is 6. The topological polar surface area (TPSA) is 73.9 Å². The molecule has 2 aromatic carbocycles. The first kappa shape index (κ1) is 25.0. The van der Waals surface area contributed by atoms with Gasteiger partial charge in [0.25, 0.3) is 0 Å². The maximum atomic E-state index is 13.6. The molecule has 2 aromatic rings. The molecule has 35 heavy (non-hydrogen) atoms. The molecule has 0 spiro atoms. The van der Waals surface area contributed by atoms with Gasteiger partial charge < -0.3 is 19.5 Å². The second-order valence-corrected chi connectivity index (χ2v) is 9.11. The molecule has 1 heterocycles. The van der Waals surface area contributed by atoms with Gasteiger partial charge in [-0.25, -0.2) is 4.79 Å². The van der Waals surface area contributed by atoms with Crippen molar-refractivity contribution in [1.29, 1.82) is 0 Å². The number of halogens is 1. The molecule has 0 saturated heterocycles. The predicted molar refractivity (Wildman–Crippen MR) is 134 cm³/mol. The highest BCUT2D eigenvalue weighted by Crippen LogP contribution is 2.46. The SMILES string of the molecule is CCOCCOC(=O)C1=C(C)NC2=C(C(=O)CC(c3ccc(Cl)cc3)C2)C1c1cccc(OC)c1. The van der Waals surface area contributed by atoms with E-state index >= 15 is 0 Å². The van der Waals surface area contributed by atoms with Crippen LogP contribution in [0.15, 0.2) is 71.1 Å². The van der Waals surface area contributed by atoms with Crippen molar-refractivity contribution in [3.63, 3.8) is 0 Å².